The van der Waals surface area contributed by atoms with E-state index in [0.717, 1.165) is 5.69 Å². The Morgan fingerprint density at radius 1 is 1.20 bits per heavy atom. The van der Waals surface area contributed by atoms with Gasteiger partial charge < -0.3 is 25.1 Å². The second kappa shape index (κ2) is 10.6. The fraction of sp³-hybridized carbons (Fsp3) is 0.643. The Morgan fingerprint density at radius 3 is 2.60 bits per heavy atom. The maximum absolute atomic E-state index is 8.87. The van der Waals surface area contributed by atoms with E-state index in [1.807, 2.05) is 19.1 Å². The fourth-order valence-electron chi connectivity index (χ4n) is 1.53. The van der Waals surface area contributed by atoms with E-state index in [0.29, 0.717) is 45.2 Å². The number of ether oxygens (including phenoxy) is 3. The van der Waals surface area contributed by atoms with Crippen LogP contribution in [0.4, 0.5) is 0 Å². The Morgan fingerprint density at radius 2 is 1.95 bits per heavy atom. The van der Waals surface area contributed by atoms with E-state index in [1.54, 1.807) is 6.20 Å². The van der Waals surface area contributed by atoms with E-state index in [2.05, 4.69) is 4.98 Å². The van der Waals surface area contributed by atoms with Crippen LogP contribution >= 0.6 is 0 Å². The molecular weight excluding hydrogens is 260 g/mol. The highest BCUT2D eigenvalue weighted by Gasteiger charge is 2.03. The summed E-state index contributed by atoms with van der Waals surface area (Å²) in [5.74, 6) is 0.694. The van der Waals surface area contributed by atoms with Crippen LogP contribution in [0.5, 0.6) is 5.75 Å². The highest BCUT2D eigenvalue weighted by molar-refractivity contribution is 5.20. The second-order valence-corrected chi connectivity index (χ2v) is 4.29. The molecule has 0 fully saturated rings. The molecule has 0 aliphatic rings. The Bertz CT molecular complexity index is 346. The zero-order chi connectivity index (χ0) is 14.6. The van der Waals surface area contributed by atoms with Gasteiger partial charge in [0.25, 0.3) is 0 Å². The van der Waals surface area contributed by atoms with Crippen LogP contribution in [0.3, 0.4) is 0 Å². The summed E-state index contributed by atoms with van der Waals surface area (Å²) >= 11 is 0. The zero-order valence-electron chi connectivity index (χ0n) is 12.0. The molecule has 0 unspecified atom stereocenters. The van der Waals surface area contributed by atoms with Crippen molar-refractivity contribution in [3.63, 3.8) is 0 Å². The van der Waals surface area contributed by atoms with Crippen molar-refractivity contribution >= 4 is 0 Å². The molecule has 6 nitrogen and oxygen atoms in total. The average molecular weight is 284 g/mol. The van der Waals surface area contributed by atoms with Crippen molar-refractivity contribution in [3.05, 3.63) is 24.0 Å². The highest BCUT2D eigenvalue weighted by Crippen LogP contribution is 2.09. The van der Waals surface area contributed by atoms with Crippen LogP contribution in [0.2, 0.25) is 0 Å². The lowest BCUT2D eigenvalue weighted by molar-refractivity contribution is 0.0404. The van der Waals surface area contributed by atoms with Gasteiger partial charge in [0.2, 0.25) is 0 Å². The molecular formula is C14H24N2O4. The van der Waals surface area contributed by atoms with Gasteiger partial charge in [-0.05, 0) is 19.1 Å². The van der Waals surface area contributed by atoms with E-state index in [4.69, 9.17) is 25.1 Å². The topological polar surface area (TPSA) is 86.8 Å². The molecule has 0 aliphatic heterocycles. The predicted molar refractivity (Wildman–Crippen MR) is 75.8 cm³/mol. The summed E-state index contributed by atoms with van der Waals surface area (Å²) in [5.41, 5.74) is 6.48. The molecule has 20 heavy (non-hydrogen) atoms. The molecule has 0 bridgehead atoms. The Labute approximate surface area is 119 Å². The van der Waals surface area contributed by atoms with Crippen LogP contribution in [0.25, 0.3) is 0 Å². The first-order valence-corrected chi connectivity index (χ1v) is 6.86. The minimum atomic E-state index is -0.270. The number of aliphatic hydroxyl groups excluding tert-OH is 1. The molecule has 3 N–H and O–H groups in total. The third-order valence-corrected chi connectivity index (χ3v) is 2.58. The van der Waals surface area contributed by atoms with Gasteiger partial charge in [0.1, 0.15) is 12.4 Å². The predicted octanol–water partition coefficient (Wildman–Crippen LogP) is 0.376. The van der Waals surface area contributed by atoms with E-state index in [1.165, 1.54) is 0 Å². The average Bonchev–Trinajstić information content (AvgIpc) is 2.48. The lowest BCUT2D eigenvalue weighted by Crippen LogP contribution is -2.27. The number of hydrogen-bond acceptors (Lipinski definition) is 6. The minimum Gasteiger partial charge on any atom is -0.490 e. The van der Waals surface area contributed by atoms with Gasteiger partial charge in [-0.1, -0.05) is 0 Å². The quantitative estimate of drug-likeness (QED) is 0.571. The maximum Gasteiger partial charge on any atom is 0.137 e. The smallest absolute Gasteiger partial charge is 0.137 e. The molecule has 0 radical (unpaired) electrons. The summed E-state index contributed by atoms with van der Waals surface area (Å²) in [7, 11) is 0. The summed E-state index contributed by atoms with van der Waals surface area (Å²) in [6, 6.07) is 3.42. The molecule has 0 saturated heterocycles. The summed E-state index contributed by atoms with van der Waals surface area (Å²) in [4.78, 5) is 4.23. The molecule has 1 aromatic heterocycles. The molecule has 1 aromatic rings. The second-order valence-electron chi connectivity index (χ2n) is 4.29. The van der Waals surface area contributed by atoms with Crippen LogP contribution in [-0.4, -0.2) is 55.8 Å². The van der Waals surface area contributed by atoms with Gasteiger partial charge in [-0.15, -0.1) is 0 Å². The van der Waals surface area contributed by atoms with Crippen molar-refractivity contribution < 1.29 is 19.3 Å². The largest absolute Gasteiger partial charge is 0.490 e. The summed E-state index contributed by atoms with van der Waals surface area (Å²) in [6.07, 6.45) is 2.21. The number of nitrogens with two attached hydrogens (primary N) is 1. The van der Waals surface area contributed by atoms with E-state index >= 15 is 0 Å². The number of aromatic nitrogens is 1. The van der Waals surface area contributed by atoms with Crippen molar-refractivity contribution in [2.24, 2.45) is 5.73 Å². The Balaban J connectivity index is 2.15. The van der Waals surface area contributed by atoms with Crippen LogP contribution in [0, 0.1) is 0 Å². The number of nitrogens with zero attached hydrogens (tertiary/aromatic N) is 1. The van der Waals surface area contributed by atoms with Gasteiger partial charge in [0, 0.05) is 24.8 Å². The van der Waals surface area contributed by atoms with Crippen molar-refractivity contribution in [3.8, 4) is 5.75 Å². The molecule has 114 valence electrons. The van der Waals surface area contributed by atoms with E-state index in [-0.39, 0.29) is 12.6 Å². The van der Waals surface area contributed by atoms with Gasteiger partial charge in [-0.3, -0.25) is 4.98 Å². The molecule has 0 saturated carbocycles. The molecule has 1 heterocycles. The minimum absolute atomic E-state index is 0.0426. The van der Waals surface area contributed by atoms with Gasteiger partial charge in [0.05, 0.1) is 32.6 Å². The molecule has 1 atom stereocenters. The van der Waals surface area contributed by atoms with Crippen LogP contribution in [0.1, 0.15) is 12.6 Å². The van der Waals surface area contributed by atoms with Crippen molar-refractivity contribution in [2.75, 3.05) is 39.6 Å². The van der Waals surface area contributed by atoms with Crippen molar-refractivity contribution in [2.45, 2.75) is 19.4 Å². The first-order chi connectivity index (χ1) is 9.76. The highest BCUT2D eigenvalue weighted by atomic mass is 16.5. The zero-order valence-corrected chi connectivity index (χ0v) is 12.0. The molecule has 1 rings (SSSR count). The molecule has 0 spiro atoms. The van der Waals surface area contributed by atoms with Gasteiger partial charge in [-0.2, -0.15) is 0 Å². The molecule has 6 heteroatoms. The van der Waals surface area contributed by atoms with Crippen LogP contribution < -0.4 is 10.5 Å². The van der Waals surface area contributed by atoms with Gasteiger partial charge in [0.15, 0.2) is 0 Å². The maximum atomic E-state index is 8.87. The number of rotatable bonds is 11. The van der Waals surface area contributed by atoms with E-state index < -0.39 is 0 Å². The lowest BCUT2D eigenvalue weighted by atomic mass is 10.1. The third kappa shape index (κ3) is 7.40. The third-order valence-electron chi connectivity index (χ3n) is 2.58. The normalized spacial score (nSPS) is 12.3. The van der Waals surface area contributed by atoms with Crippen molar-refractivity contribution in [1.29, 1.82) is 0 Å². The Kier molecular flexibility index (Phi) is 8.90. The van der Waals surface area contributed by atoms with E-state index in [9.17, 15) is 0 Å². The summed E-state index contributed by atoms with van der Waals surface area (Å²) < 4.78 is 16.0. The first kappa shape index (κ1) is 16.8. The SMILES string of the molecule is CCOCCOCCOc1ccc(C[C@H](N)CO)nc1. The summed E-state index contributed by atoms with van der Waals surface area (Å²) in [6.45, 7) is 4.79. The standard InChI is InChI=1S/C14H24N2O4/c1-2-18-5-6-19-7-8-20-14-4-3-13(16-10-14)9-12(15)11-17/h3-4,10,12,17H,2,5-9,11,15H2,1H3/t12-/m0/s1. The lowest BCUT2D eigenvalue weighted by Gasteiger charge is -2.09. The Hall–Kier alpha value is -1.21. The monoisotopic (exact) mass is 284 g/mol. The first-order valence-electron chi connectivity index (χ1n) is 6.86. The molecule has 0 amide bonds. The van der Waals surface area contributed by atoms with Crippen LogP contribution in [0.15, 0.2) is 18.3 Å². The number of hydrogen-bond donors (Lipinski definition) is 2. The summed E-state index contributed by atoms with van der Waals surface area (Å²) in [5, 5.41) is 8.87. The number of pyridine rings is 1. The van der Waals surface area contributed by atoms with Gasteiger partial charge in [-0.25, -0.2) is 0 Å². The molecule has 0 aromatic carbocycles. The molecule has 0 aliphatic carbocycles. The number of aliphatic hydroxyl groups is 1. The van der Waals surface area contributed by atoms with Crippen LogP contribution in [-0.2, 0) is 15.9 Å². The van der Waals surface area contributed by atoms with Crippen molar-refractivity contribution in [1.82, 2.24) is 4.98 Å². The van der Waals surface area contributed by atoms with Gasteiger partial charge >= 0.3 is 0 Å². The fourth-order valence-corrected chi connectivity index (χ4v) is 1.53.